The Labute approximate surface area is 169 Å². The number of ketones is 2. The van der Waals surface area contributed by atoms with Crippen molar-refractivity contribution >= 4 is 17.5 Å². The minimum atomic E-state index is -1.90. The number of esters is 1. The quantitative estimate of drug-likeness (QED) is 0.734. The summed E-state index contributed by atoms with van der Waals surface area (Å²) >= 11 is 0. The van der Waals surface area contributed by atoms with E-state index in [1.54, 1.807) is 13.0 Å². The lowest BCUT2D eigenvalue weighted by Crippen LogP contribution is -2.66. The summed E-state index contributed by atoms with van der Waals surface area (Å²) < 4.78 is 21.7. The first-order valence-electron chi connectivity index (χ1n) is 10.2. The van der Waals surface area contributed by atoms with Crippen LogP contribution >= 0.6 is 0 Å². The minimum absolute atomic E-state index is 0.118. The van der Waals surface area contributed by atoms with Crippen LogP contribution in [0.25, 0.3) is 0 Å². The number of fused-ring (bicyclic) bond motifs is 5. The summed E-state index contributed by atoms with van der Waals surface area (Å²) in [4.78, 5) is 35.6. The van der Waals surface area contributed by atoms with Gasteiger partial charge < -0.3 is 9.84 Å². The summed E-state index contributed by atoms with van der Waals surface area (Å²) in [6, 6.07) is 0. The Balaban J connectivity index is 1.68. The van der Waals surface area contributed by atoms with Crippen molar-refractivity contribution in [3.63, 3.8) is 0 Å². The lowest BCUT2D eigenvalue weighted by Gasteiger charge is -2.61. The summed E-state index contributed by atoms with van der Waals surface area (Å²) in [5.74, 6) is -1.52. The van der Waals surface area contributed by atoms with Gasteiger partial charge in [0.2, 0.25) is 0 Å². The number of carbonyl (C=O) groups is 3. The standard InChI is InChI=1S/C23H27FO5/c1-13(25)29-12-19(27)18-7-6-16-17-5-4-14-10-15(26)8-9-22(14,3)23(17,24)20(28)11-21(16,18)2/h7-10,16-17,20,28H,4-6,11-12H2,1-3H3/t16-,17-,20?,21-,22-,23?/m0/s1. The molecule has 29 heavy (non-hydrogen) atoms. The molecule has 0 aromatic heterocycles. The van der Waals surface area contributed by atoms with E-state index >= 15 is 4.39 Å². The molecule has 6 heteroatoms. The molecule has 0 bridgehead atoms. The maximum Gasteiger partial charge on any atom is 0.303 e. The fraction of sp³-hybridized carbons (Fsp3) is 0.609. The van der Waals surface area contributed by atoms with Crippen molar-refractivity contribution in [2.45, 2.75) is 58.2 Å². The highest BCUT2D eigenvalue weighted by molar-refractivity contribution is 6.01. The number of hydrogen-bond acceptors (Lipinski definition) is 5. The van der Waals surface area contributed by atoms with Crippen molar-refractivity contribution in [2.24, 2.45) is 22.7 Å². The predicted octanol–water partition coefficient (Wildman–Crippen LogP) is 3.03. The Hall–Kier alpha value is -2.08. The van der Waals surface area contributed by atoms with Gasteiger partial charge in [-0.25, -0.2) is 4.39 Å². The summed E-state index contributed by atoms with van der Waals surface area (Å²) in [5, 5.41) is 11.1. The molecule has 0 spiro atoms. The lowest BCUT2D eigenvalue weighted by atomic mass is 9.45. The highest BCUT2D eigenvalue weighted by Gasteiger charge is 2.69. The average molecular weight is 402 g/mol. The summed E-state index contributed by atoms with van der Waals surface area (Å²) in [6.45, 7) is 4.60. The molecule has 4 aliphatic carbocycles. The van der Waals surface area contributed by atoms with E-state index in [2.05, 4.69) is 0 Å². The molecule has 156 valence electrons. The lowest BCUT2D eigenvalue weighted by molar-refractivity contribution is -0.185. The third-order valence-electron chi connectivity index (χ3n) is 7.93. The van der Waals surface area contributed by atoms with Crippen molar-refractivity contribution in [3.8, 4) is 0 Å². The van der Waals surface area contributed by atoms with Crippen LogP contribution in [0.3, 0.4) is 0 Å². The molecule has 0 amide bonds. The van der Waals surface area contributed by atoms with Gasteiger partial charge in [0.1, 0.15) is 0 Å². The number of Topliss-reactive ketones (excluding diaryl/α,β-unsaturated/α-hetero) is 1. The molecule has 4 rings (SSSR count). The van der Waals surface area contributed by atoms with E-state index in [4.69, 9.17) is 4.74 Å². The first kappa shape index (κ1) is 20.2. The van der Waals surface area contributed by atoms with Gasteiger partial charge in [0.05, 0.1) is 6.10 Å². The molecule has 0 radical (unpaired) electrons. The van der Waals surface area contributed by atoms with E-state index < -0.39 is 34.5 Å². The normalized spacial score (nSPS) is 42.9. The molecule has 0 aromatic rings. The first-order valence-corrected chi connectivity index (χ1v) is 10.2. The zero-order valence-corrected chi connectivity index (χ0v) is 17.0. The van der Waals surface area contributed by atoms with Crippen molar-refractivity contribution in [1.29, 1.82) is 0 Å². The van der Waals surface area contributed by atoms with Crippen LogP contribution in [0.1, 0.15) is 46.5 Å². The van der Waals surface area contributed by atoms with Gasteiger partial charge in [-0.15, -0.1) is 0 Å². The van der Waals surface area contributed by atoms with Crippen LogP contribution in [-0.2, 0) is 19.1 Å². The fourth-order valence-corrected chi connectivity index (χ4v) is 6.46. The molecule has 1 N–H and O–H groups in total. The highest BCUT2D eigenvalue weighted by atomic mass is 19.1. The van der Waals surface area contributed by atoms with E-state index in [0.717, 1.165) is 5.57 Å². The Morgan fingerprint density at radius 2 is 2.03 bits per heavy atom. The van der Waals surface area contributed by atoms with Gasteiger partial charge in [0.25, 0.3) is 0 Å². The number of ether oxygens (including phenoxy) is 1. The monoisotopic (exact) mass is 402 g/mol. The van der Waals surface area contributed by atoms with Crippen molar-refractivity contribution in [2.75, 3.05) is 6.61 Å². The summed E-state index contributed by atoms with van der Waals surface area (Å²) in [5.41, 5.74) is -2.33. The van der Waals surface area contributed by atoms with E-state index in [1.165, 1.54) is 19.1 Å². The third-order valence-corrected chi connectivity index (χ3v) is 7.93. The molecular weight excluding hydrogens is 375 g/mol. The van der Waals surface area contributed by atoms with Gasteiger partial charge in [-0.1, -0.05) is 24.6 Å². The topological polar surface area (TPSA) is 80.7 Å². The molecule has 5 nitrogen and oxygen atoms in total. The van der Waals surface area contributed by atoms with Crippen molar-refractivity contribution < 1.29 is 28.6 Å². The van der Waals surface area contributed by atoms with E-state index in [9.17, 15) is 19.5 Å². The van der Waals surface area contributed by atoms with Gasteiger partial charge in [-0.2, -0.15) is 0 Å². The molecule has 0 aliphatic heterocycles. The maximum atomic E-state index is 16.8. The highest BCUT2D eigenvalue weighted by Crippen LogP contribution is 2.67. The Morgan fingerprint density at radius 3 is 2.72 bits per heavy atom. The predicted molar refractivity (Wildman–Crippen MR) is 103 cm³/mol. The Bertz CT molecular complexity index is 886. The van der Waals surface area contributed by atoms with Crippen molar-refractivity contribution in [3.05, 3.63) is 35.5 Å². The van der Waals surface area contributed by atoms with Gasteiger partial charge in [0, 0.05) is 29.2 Å². The molecule has 0 saturated heterocycles. The van der Waals surface area contributed by atoms with E-state index in [0.29, 0.717) is 24.8 Å². The number of rotatable bonds is 3. The Morgan fingerprint density at radius 1 is 1.31 bits per heavy atom. The first-order chi connectivity index (χ1) is 13.5. The van der Waals surface area contributed by atoms with Crippen LogP contribution in [0, 0.1) is 22.7 Å². The average Bonchev–Trinajstić information content (AvgIpc) is 2.98. The number of hydrogen-bond donors (Lipinski definition) is 1. The molecule has 6 atom stereocenters. The zero-order chi connectivity index (χ0) is 21.2. The van der Waals surface area contributed by atoms with Gasteiger partial charge in [0.15, 0.2) is 23.8 Å². The van der Waals surface area contributed by atoms with Gasteiger partial charge in [-0.3, -0.25) is 14.4 Å². The molecule has 2 fully saturated rings. The van der Waals surface area contributed by atoms with Crippen LogP contribution in [-0.4, -0.2) is 41.0 Å². The largest absolute Gasteiger partial charge is 0.457 e. The summed E-state index contributed by atoms with van der Waals surface area (Å²) in [7, 11) is 0. The molecular formula is C23H27FO5. The van der Waals surface area contributed by atoms with E-state index in [1.807, 2.05) is 13.0 Å². The second kappa shape index (κ2) is 6.46. The Kier molecular flexibility index (Phi) is 4.50. The maximum absolute atomic E-state index is 16.8. The zero-order valence-electron chi connectivity index (χ0n) is 17.0. The van der Waals surface area contributed by atoms with Crippen LogP contribution in [0.4, 0.5) is 4.39 Å². The number of allylic oxidation sites excluding steroid dienone is 5. The van der Waals surface area contributed by atoms with E-state index in [-0.39, 0.29) is 30.5 Å². The second-order valence-electron chi connectivity index (χ2n) is 9.32. The fourth-order valence-electron chi connectivity index (χ4n) is 6.46. The minimum Gasteiger partial charge on any atom is -0.457 e. The molecule has 2 unspecified atom stereocenters. The molecule has 2 saturated carbocycles. The van der Waals surface area contributed by atoms with Crippen molar-refractivity contribution in [1.82, 2.24) is 0 Å². The third kappa shape index (κ3) is 2.64. The SMILES string of the molecule is CC(=O)OCC(=O)C1=CC[C@H]2[C@@H]3CCC4=CC(=O)C=C[C@]4(C)C3(F)C(O)C[C@]12C. The molecule has 4 aliphatic rings. The molecule has 0 aromatic carbocycles. The molecule has 0 heterocycles. The van der Waals surface area contributed by atoms with Gasteiger partial charge in [-0.05, 0) is 50.7 Å². The van der Waals surface area contributed by atoms with Crippen LogP contribution in [0.2, 0.25) is 0 Å². The van der Waals surface area contributed by atoms with Crippen LogP contribution in [0.5, 0.6) is 0 Å². The number of aliphatic hydroxyl groups excluding tert-OH is 1. The second-order valence-corrected chi connectivity index (χ2v) is 9.32. The number of aliphatic hydroxyl groups is 1. The number of carbonyl (C=O) groups excluding carboxylic acids is 3. The van der Waals surface area contributed by atoms with Crippen LogP contribution < -0.4 is 0 Å². The smallest absolute Gasteiger partial charge is 0.303 e. The number of alkyl halides is 1. The summed E-state index contributed by atoms with van der Waals surface area (Å²) in [6.07, 6.45) is 6.89. The van der Waals surface area contributed by atoms with Gasteiger partial charge >= 0.3 is 5.97 Å². The number of halogens is 1. The van der Waals surface area contributed by atoms with Crippen LogP contribution in [0.15, 0.2) is 35.5 Å².